The number of nitrogens with zero attached hydrogens (tertiary/aromatic N) is 2. The summed E-state index contributed by atoms with van der Waals surface area (Å²) < 4.78 is 5.59. The third kappa shape index (κ3) is 3.75. The Morgan fingerprint density at radius 1 is 1.39 bits per heavy atom. The molecule has 0 spiro atoms. The Balaban J connectivity index is 1.60. The molecule has 0 saturated carbocycles. The summed E-state index contributed by atoms with van der Waals surface area (Å²) in [6.07, 6.45) is 5.64. The lowest BCUT2D eigenvalue weighted by Crippen LogP contribution is -2.42. The van der Waals surface area contributed by atoms with E-state index in [4.69, 9.17) is 4.42 Å². The summed E-state index contributed by atoms with van der Waals surface area (Å²) >= 11 is 0. The Morgan fingerprint density at radius 2 is 2.17 bits per heavy atom. The van der Waals surface area contributed by atoms with Gasteiger partial charge in [-0.05, 0) is 38.1 Å². The van der Waals surface area contributed by atoms with Crippen LogP contribution in [0.25, 0.3) is 0 Å². The Hall–Kier alpha value is -1.82. The molecule has 1 aromatic rings. The normalized spacial score (nSPS) is 24.0. The first-order valence-corrected chi connectivity index (χ1v) is 8.44. The van der Waals surface area contributed by atoms with Crippen LogP contribution >= 0.6 is 0 Å². The van der Waals surface area contributed by atoms with Gasteiger partial charge in [-0.3, -0.25) is 14.5 Å². The Bertz CT molecular complexity index is 537. The van der Waals surface area contributed by atoms with Crippen LogP contribution in [0.15, 0.2) is 22.8 Å². The average molecular weight is 319 g/mol. The lowest BCUT2D eigenvalue weighted by molar-refractivity contribution is -0.128. The largest absolute Gasteiger partial charge is 0.468 e. The summed E-state index contributed by atoms with van der Waals surface area (Å²) in [6.45, 7) is 3.11. The zero-order chi connectivity index (χ0) is 16.2. The molecule has 0 unspecified atom stereocenters. The average Bonchev–Trinajstić information content (AvgIpc) is 3.19. The lowest BCUT2D eigenvalue weighted by atomic mass is 10.1. The second kappa shape index (κ2) is 7.17. The van der Waals surface area contributed by atoms with E-state index in [1.807, 2.05) is 12.1 Å². The maximum atomic E-state index is 12.4. The van der Waals surface area contributed by atoms with Crippen molar-refractivity contribution in [1.29, 1.82) is 0 Å². The summed E-state index contributed by atoms with van der Waals surface area (Å²) in [5.74, 6) is 0.679. The van der Waals surface area contributed by atoms with Gasteiger partial charge in [-0.15, -0.1) is 0 Å². The van der Waals surface area contributed by atoms with Crippen LogP contribution in [0.1, 0.15) is 37.5 Å². The van der Waals surface area contributed by atoms with E-state index in [2.05, 4.69) is 10.2 Å². The van der Waals surface area contributed by atoms with Gasteiger partial charge in [-0.25, -0.2) is 0 Å². The molecule has 23 heavy (non-hydrogen) atoms. The Labute approximate surface area is 136 Å². The summed E-state index contributed by atoms with van der Waals surface area (Å²) in [6, 6.07) is 3.93. The van der Waals surface area contributed by atoms with Crippen molar-refractivity contribution in [3.63, 3.8) is 0 Å². The van der Waals surface area contributed by atoms with Gasteiger partial charge in [0.05, 0.1) is 18.2 Å². The van der Waals surface area contributed by atoms with Gasteiger partial charge in [-0.1, -0.05) is 6.42 Å². The van der Waals surface area contributed by atoms with Crippen molar-refractivity contribution in [2.24, 2.45) is 5.92 Å². The zero-order valence-corrected chi connectivity index (χ0v) is 13.7. The van der Waals surface area contributed by atoms with E-state index in [0.717, 1.165) is 18.8 Å². The molecule has 1 N–H and O–H groups in total. The van der Waals surface area contributed by atoms with E-state index in [1.165, 1.54) is 19.3 Å². The van der Waals surface area contributed by atoms with Crippen LogP contribution in [-0.4, -0.2) is 54.8 Å². The van der Waals surface area contributed by atoms with Crippen molar-refractivity contribution in [2.75, 3.05) is 33.2 Å². The van der Waals surface area contributed by atoms with Crippen LogP contribution in [0.5, 0.6) is 0 Å². The van der Waals surface area contributed by atoms with E-state index in [-0.39, 0.29) is 23.8 Å². The van der Waals surface area contributed by atoms with Crippen LogP contribution in [0.4, 0.5) is 0 Å². The number of carbonyl (C=O) groups excluding carboxylic acids is 2. The first kappa shape index (κ1) is 16.1. The molecule has 126 valence electrons. The molecule has 0 aromatic carbocycles. The number of nitrogens with one attached hydrogen (secondary N) is 1. The Kier molecular flexibility index (Phi) is 5.00. The number of amides is 2. The molecule has 3 rings (SSSR count). The third-order valence-electron chi connectivity index (χ3n) is 4.88. The molecule has 2 aliphatic heterocycles. The molecule has 0 aliphatic carbocycles. The van der Waals surface area contributed by atoms with Crippen LogP contribution < -0.4 is 5.32 Å². The topological polar surface area (TPSA) is 65.8 Å². The zero-order valence-electron chi connectivity index (χ0n) is 13.7. The standard InChI is InChI=1S/C17H25N3O3/c1-19-12-13(10-16(19)21)17(22)18-11-14(15-6-5-9-23-15)20-7-3-2-4-8-20/h5-6,9,13-14H,2-4,7-8,10-12H2,1H3,(H,18,22)/t13-,14-/m1/s1. The van der Waals surface area contributed by atoms with Crippen molar-refractivity contribution in [3.05, 3.63) is 24.2 Å². The highest BCUT2D eigenvalue weighted by Gasteiger charge is 2.33. The number of carbonyl (C=O) groups is 2. The maximum absolute atomic E-state index is 12.4. The third-order valence-corrected chi connectivity index (χ3v) is 4.88. The van der Waals surface area contributed by atoms with E-state index >= 15 is 0 Å². The summed E-state index contributed by atoms with van der Waals surface area (Å²) in [7, 11) is 1.75. The van der Waals surface area contributed by atoms with Crippen molar-refractivity contribution < 1.29 is 14.0 Å². The van der Waals surface area contributed by atoms with Crippen LogP contribution in [0.3, 0.4) is 0 Å². The molecule has 0 bridgehead atoms. The molecule has 6 heteroatoms. The number of hydrogen-bond donors (Lipinski definition) is 1. The molecule has 0 radical (unpaired) electrons. The fraction of sp³-hybridized carbons (Fsp3) is 0.647. The highest BCUT2D eigenvalue weighted by molar-refractivity contribution is 5.89. The number of likely N-dealkylation sites (tertiary alicyclic amines) is 2. The second-order valence-corrected chi connectivity index (χ2v) is 6.55. The number of piperidine rings is 1. The number of rotatable bonds is 5. The van der Waals surface area contributed by atoms with E-state index in [0.29, 0.717) is 19.5 Å². The van der Waals surface area contributed by atoms with Crippen molar-refractivity contribution in [2.45, 2.75) is 31.7 Å². The van der Waals surface area contributed by atoms with E-state index in [9.17, 15) is 9.59 Å². The fourth-order valence-corrected chi connectivity index (χ4v) is 3.50. The number of furan rings is 1. The molecule has 3 heterocycles. The van der Waals surface area contributed by atoms with Crippen molar-refractivity contribution >= 4 is 11.8 Å². The van der Waals surface area contributed by atoms with Crippen LogP contribution in [0, 0.1) is 5.92 Å². The SMILES string of the molecule is CN1C[C@H](C(=O)NC[C@H](c2ccco2)N2CCCCC2)CC1=O. The molecule has 2 fully saturated rings. The second-order valence-electron chi connectivity index (χ2n) is 6.55. The van der Waals surface area contributed by atoms with Gasteiger partial charge in [0.25, 0.3) is 0 Å². The molecule has 2 saturated heterocycles. The predicted octanol–water partition coefficient (Wildman–Crippen LogP) is 1.40. The molecule has 1 aromatic heterocycles. The first-order valence-electron chi connectivity index (χ1n) is 8.44. The van der Waals surface area contributed by atoms with E-state index < -0.39 is 0 Å². The van der Waals surface area contributed by atoms with Gasteiger partial charge in [0.2, 0.25) is 11.8 Å². The van der Waals surface area contributed by atoms with Gasteiger partial charge in [-0.2, -0.15) is 0 Å². The van der Waals surface area contributed by atoms with Crippen molar-refractivity contribution in [1.82, 2.24) is 15.1 Å². The van der Waals surface area contributed by atoms with E-state index in [1.54, 1.807) is 18.2 Å². The smallest absolute Gasteiger partial charge is 0.225 e. The summed E-state index contributed by atoms with van der Waals surface area (Å²) in [4.78, 5) is 27.9. The Morgan fingerprint density at radius 3 is 2.78 bits per heavy atom. The van der Waals surface area contributed by atoms with Gasteiger partial charge in [0, 0.05) is 26.6 Å². The molecule has 2 aliphatic rings. The first-order chi connectivity index (χ1) is 11.1. The highest BCUT2D eigenvalue weighted by Crippen LogP contribution is 2.25. The monoisotopic (exact) mass is 319 g/mol. The van der Waals surface area contributed by atoms with Gasteiger partial charge >= 0.3 is 0 Å². The van der Waals surface area contributed by atoms with Gasteiger partial charge < -0.3 is 14.6 Å². The molecule has 2 amide bonds. The minimum Gasteiger partial charge on any atom is -0.468 e. The fourth-order valence-electron chi connectivity index (χ4n) is 3.50. The predicted molar refractivity (Wildman–Crippen MR) is 85.6 cm³/mol. The van der Waals surface area contributed by atoms with Crippen LogP contribution in [-0.2, 0) is 9.59 Å². The van der Waals surface area contributed by atoms with Crippen LogP contribution in [0.2, 0.25) is 0 Å². The molecular formula is C17H25N3O3. The summed E-state index contributed by atoms with van der Waals surface area (Å²) in [5.41, 5.74) is 0. The van der Waals surface area contributed by atoms with Gasteiger partial charge in [0.15, 0.2) is 0 Å². The summed E-state index contributed by atoms with van der Waals surface area (Å²) in [5, 5.41) is 3.03. The molecular weight excluding hydrogens is 294 g/mol. The van der Waals surface area contributed by atoms with Gasteiger partial charge in [0.1, 0.15) is 5.76 Å². The maximum Gasteiger partial charge on any atom is 0.225 e. The highest BCUT2D eigenvalue weighted by atomic mass is 16.3. The van der Waals surface area contributed by atoms with Crippen molar-refractivity contribution in [3.8, 4) is 0 Å². The molecule has 6 nitrogen and oxygen atoms in total. The minimum atomic E-state index is -0.230. The minimum absolute atomic E-state index is 0.0312. The quantitative estimate of drug-likeness (QED) is 0.891. The number of hydrogen-bond acceptors (Lipinski definition) is 4. The molecule has 2 atom stereocenters. The lowest BCUT2D eigenvalue weighted by Gasteiger charge is -2.33.